The summed E-state index contributed by atoms with van der Waals surface area (Å²) in [4.78, 5) is 11.9. The van der Waals surface area contributed by atoms with E-state index in [0.29, 0.717) is 24.7 Å². The van der Waals surface area contributed by atoms with E-state index in [1.165, 1.54) is 0 Å². The van der Waals surface area contributed by atoms with Crippen molar-refractivity contribution >= 4 is 5.78 Å². The molecule has 0 saturated heterocycles. The number of allylic oxidation sites excluding steroid dienone is 1. The van der Waals surface area contributed by atoms with Gasteiger partial charge in [-0.1, -0.05) is 6.08 Å². The Bertz CT molecular complexity index is 384. The van der Waals surface area contributed by atoms with Crippen LogP contribution in [0.1, 0.15) is 32.1 Å². The summed E-state index contributed by atoms with van der Waals surface area (Å²) in [6.07, 6.45) is 0.760. The lowest BCUT2D eigenvalue weighted by Gasteiger charge is -2.59. The lowest BCUT2D eigenvalue weighted by atomic mass is 9.44. The molecule has 0 heterocycles. The minimum atomic E-state index is -4.70. The van der Waals surface area contributed by atoms with E-state index in [4.69, 9.17) is 0 Å². The molecule has 0 amide bonds. The maximum Gasteiger partial charge on any atom is 0.450 e. The Morgan fingerprint density at radius 1 is 1.17 bits per heavy atom. The number of carbonyl (C=O) groups excluding carboxylic acids is 1. The average molecular weight is 258 g/mol. The Labute approximate surface area is 104 Å². The van der Waals surface area contributed by atoms with Gasteiger partial charge in [0.05, 0.1) is 0 Å². The first-order chi connectivity index (χ1) is 8.37. The highest BCUT2D eigenvalue weighted by Crippen LogP contribution is 2.64. The summed E-state index contributed by atoms with van der Waals surface area (Å²) in [5.41, 5.74) is -1.17. The molecule has 0 aliphatic heterocycles. The van der Waals surface area contributed by atoms with E-state index in [-0.39, 0.29) is 11.8 Å². The molecule has 4 aliphatic rings. The van der Waals surface area contributed by atoms with Crippen LogP contribution in [-0.2, 0) is 4.79 Å². The Balaban J connectivity index is 2.02. The zero-order valence-electron chi connectivity index (χ0n) is 10.2. The first kappa shape index (κ1) is 12.2. The molecule has 4 saturated carbocycles. The van der Waals surface area contributed by atoms with E-state index >= 15 is 0 Å². The number of alkyl halides is 3. The van der Waals surface area contributed by atoms with Crippen LogP contribution in [-0.4, -0.2) is 12.0 Å². The SMILES string of the molecule is C=CC1C2CC3CC(C2)CC1(C(=O)C(F)(F)F)C3. The molecule has 3 atom stereocenters. The summed E-state index contributed by atoms with van der Waals surface area (Å²) in [5, 5.41) is 0. The zero-order valence-corrected chi connectivity index (χ0v) is 10.2. The molecule has 4 rings (SSSR count). The van der Waals surface area contributed by atoms with Gasteiger partial charge in [-0.05, 0) is 55.8 Å². The highest BCUT2D eigenvalue weighted by molar-refractivity contribution is 5.90. The Kier molecular flexibility index (Phi) is 2.46. The summed E-state index contributed by atoms with van der Waals surface area (Å²) in [5.74, 6) is -0.853. The maximum absolute atomic E-state index is 12.9. The van der Waals surface area contributed by atoms with Crippen LogP contribution in [0, 0.1) is 29.1 Å². The number of hydrogen-bond donors (Lipinski definition) is 0. The number of carbonyl (C=O) groups is 1. The van der Waals surface area contributed by atoms with E-state index in [9.17, 15) is 18.0 Å². The number of Topliss-reactive ketones (excluding diaryl/α,β-unsaturated/α-hetero) is 1. The predicted molar refractivity (Wildman–Crippen MR) is 60.7 cm³/mol. The average Bonchev–Trinajstić information content (AvgIpc) is 2.25. The molecule has 4 bridgehead atoms. The second-order valence-electron chi connectivity index (χ2n) is 6.35. The molecular weight excluding hydrogens is 241 g/mol. The number of halogens is 3. The molecule has 0 aromatic heterocycles. The number of hydrogen-bond acceptors (Lipinski definition) is 1. The van der Waals surface area contributed by atoms with Gasteiger partial charge < -0.3 is 0 Å². The predicted octanol–water partition coefficient (Wildman–Crippen LogP) is 3.75. The van der Waals surface area contributed by atoms with Crippen LogP contribution in [0.25, 0.3) is 0 Å². The zero-order chi connectivity index (χ0) is 13.1. The molecular formula is C14H17F3O. The first-order valence-electron chi connectivity index (χ1n) is 6.61. The molecule has 4 aliphatic carbocycles. The Morgan fingerprint density at radius 2 is 1.72 bits per heavy atom. The van der Waals surface area contributed by atoms with Crippen molar-refractivity contribution in [2.75, 3.05) is 0 Å². The topological polar surface area (TPSA) is 17.1 Å². The van der Waals surface area contributed by atoms with Gasteiger partial charge in [0.2, 0.25) is 5.78 Å². The van der Waals surface area contributed by atoms with Crippen LogP contribution in [0.2, 0.25) is 0 Å². The second-order valence-corrected chi connectivity index (χ2v) is 6.35. The first-order valence-corrected chi connectivity index (χ1v) is 6.61. The Morgan fingerprint density at radius 3 is 2.17 bits per heavy atom. The van der Waals surface area contributed by atoms with Crippen LogP contribution >= 0.6 is 0 Å². The van der Waals surface area contributed by atoms with Gasteiger partial charge in [-0.2, -0.15) is 13.2 Å². The molecule has 0 aromatic rings. The van der Waals surface area contributed by atoms with Crippen molar-refractivity contribution in [1.29, 1.82) is 0 Å². The van der Waals surface area contributed by atoms with Crippen molar-refractivity contribution in [3.63, 3.8) is 0 Å². The molecule has 0 aromatic carbocycles. The van der Waals surface area contributed by atoms with Gasteiger partial charge in [-0.25, -0.2) is 0 Å². The van der Waals surface area contributed by atoms with Gasteiger partial charge in [0.15, 0.2) is 0 Å². The van der Waals surface area contributed by atoms with Gasteiger partial charge in [-0.3, -0.25) is 4.79 Å². The van der Waals surface area contributed by atoms with Crippen molar-refractivity contribution in [2.45, 2.75) is 38.3 Å². The largest absolute Gasteiger partial charge is 0.450 e. The summed E-state index contributed by atoms with van der Waals surface area (Å²) in [6.45, 7) is 3.70. The van der Waals surface area contributed by atoms with Crippen molar-refractivity contribution in [1.82, 2.24) is 0 Å². The number of rotatable bonds is 2. The van der Waals surface area contributed by atoms with Crippen LogP contribution in [0.5, 0.6) is 0 Å². The van der Waals surface area contributed by atoms with Crippen molar-refractivity contribution < 1.29 is 18.0 Å². The van der Waals surface area contributed by atoms with Crippen molar-refractivity contribution in [3.05, 3.63) is 12.7 Å². The molecule has 0 N–H and O–H groups in total. The van der Waals surface area contributed by atoms with Crippen LogP contribution < -0.4 is 0 Å². The second kappa shape index (κ2) is 3.61. The van der Waals surface area contributed by atoms with E-state index in [2.05, 4.69) is 6.58 Å². The summed E-state index contributed by atoms with van der Waals surface area (Å²) >= 11 is 0. The monoisotopic (exact) mass is 258 g/mol. The number of ketones is 1. The minimum absolute atomic E-state index is 0.250. The van der Waals surface area contributed by atoms with Gasteiger partial charge >= 0.3 is 6.18 Å². The normalized spacial score (nSPS) is 46.2. The molecule has 4 heteroatoms. The Hall–Kier alpha value is -0.800. The third-order valence-corrected chi connectivity index (χ3v) is 5.35. The maximum atomic E-state index is 12.9. The van der Waals surface area contributed by atoms with Gasteiger partial charge in [-0.15, -0.1) is 6.58 Å². The van der Waals surface area contributed by atoms with Crippen molar-refractivity contribution in [2.24, 2.45) is 29.1 Å². The fourth-order valence-corrected chi connectivity index (χ4v) is 5.12. The molecule has 0 spiro atoms. The van der Waals surface area contributed by atoms with Crippen LogP contribution in [0.4, 0.5) is 13.2 Å². The van der Waals surface area contributed by atoms with Gasteiger partial charge in [0.25, 0.3) is 0 Å². The summed E-state index contributed by atoms with van der Waals surface area (Å²) in [7, 11) is 0. The van der Waals surface area contributed by atoms with Crippen molar-refractivity contribution in [3.8, 4) is 0 Å². The smallest absolute Gasteiger partial charge is 0.289 e. The highest BCUT2D eigenvalue weighted by atomic mass is 19.4. The molecule has 4 fully saturated rings. The standard InChI is InChI=1S/C14H17F3O/c1-2-11-10-4-8-3-9(5-10)7-13(11,6-8)12(18)14(15,16)17/h2,8-11H,1,3-7H2. The van der Waals surface area contributed by atoms with Crippen LogP contribution in [0.15, 0.2) is 12.7 Å². The lowest BCUT2D eigenvalue weighted by Crippen LogP contribution is -2.58. The minimum Gasteiger partial charge on any atom is -0.289 e. The third-order valence-electron chi connectivity index (χ3n) is 5.35. The lowest BCUT2D eigenvalue weighted by molar-refractivity contribution is -0.200. The van der Waals surface area contributed by atoms with E-state index < -0.39 is 17.4 Å². The molecule has 1 nitrogen and oxygen atoms in total. The van der Waals surface area contributed by atoms with Gasteiger partial charge in [0.1, 0.15) is 0 Å². The third kappa shape index (κ3) is 1.50. The molecule has 18 heavy (non-hydrogen) atoms. The fraction of sp³-hybridized carbons (Fsp3) is 0.786. The van der Waals surface area contributed by atoms with Crippen LogP contribution in [0.3, 0.4) is 0 Å². The molecule has 100 valence electrons. The van der Waals surface area contributed by atoms with E-state index in [0.717, 1.165) is 19.3 Å². The van der Waals surface area contributed by atoms with E-state index in [1.54, 1.807) is 6.08 Å². The quantitative estimate of drug-likeness (QED) is 0.689. The fourth-order valence-electron chi connectivity index (χ4n) is 5.12. The summed E-state index contributed by atoms with van der Waals surface area (Å²) < 4.78 is 38.7. The summed E-state index contributed by atoms with van der Waals surface area (Å²) in [6, 6.07) is 0. The highest BCUT2D eigenvalue weighted by Gasteiger charge is 2.64. The molecule has 3 unspecified atom stereocenters. The molecule has 0 radical (unpaired) electrons. The van der Waals surface area contributed by atoms with Gasteiger partial charge in [0, 0.05) is 5.41 Å². The van der Waals surface area contributed by atoms with E-state index in [1.807, 2.05) is 0 Å².